The van der Waals surface area contributed by atoms with Gasteiger partial charge in [-0.3, -0.25) is 0 Å². The van der Waals surface area contributed by atoms with Crippen LogP contribution in [0.3, 0.4) is 0 Å². The Labute approximate surface area is 69.3 Å². The topological polar surface area (TPSA) is 83.5 Å². The predicted molar refractivity (Wildman–Crippen MR) is 41.5 cm³/mol. The number of carboxylic acid groups (broad SMARTS) is 1. The van der Waals surface area contributed by atoms with Crippen molar-refractivity contribution in [1.82, 2.24) is 5.32 Å². The average molecular weight is 189 g/mol. The first-order valence-corrected chi connectivity index (χ1v) is 4.67. The second-order valence-corrected chi connectivity index (χ2v) is 4.00. The lowest BCUT2D eigenvalue weighted by molar-refractivity contribution is -0.133. The lowest BCUT2D eigenvalue weighted by Crippen LogP contribution is -2.23. The average Bonchev–Trinajstić information content (AvgIpc) is 1.82. The molecule has 0 atom stereocenters. The molecule has 0 spiro atoms. The molecule has 0 saturated carbocycles. The summed E-state index contributed by atoms with van der Waals surface area (Å²) in [5.41, 5.74) is -0.0232. The Morgan fingerprint density at radius 1 is 1.50 bits per heavy atom. The summed E-state index contributed by atoms with van der Waals surface area (Å²) in [7, 11) is -3.49. The highest BCUT2D eigenvalue weighted by Crippen LogP contribution is 2.10. The Bertz CT molecular complexity index is 376. The number of rotatable bonds is 1. The maximum absolute atomic E-state index is 10.9. The molecule has 5 nitrogen and oxygen atoms in total. The standard InChI is InChI=1S/C6H7NO4S/c1-4-2-12(10,11)3-5(7-4)6(8)9/h2-3,7H,1H3,(H,8,9). The fourth-order valence-corrected chi connectivity index (χ4v) is 1.93. The summed E-state index contributed by atoms with van der Waals surface area (Å²) in [5, 5.41) is 12.5. The zero-order chi connectivity index (χ0) is 9.35. The summed E-state index contributed by atoms with van der Waals surface area (Å²) < 4.78 is 21.8. The number of carbonyl (C=O) groups is 1. The van der Waals surface area contributed by atoms with E-state index in [1.807, 2.05) is 0 Å². The molecule has 2 N–H and O–H groups in total. The first-order valence-electron chi connectivity index (χ1n) is 3.06. The van der Waals surface area contributed by atoms with Gasteiger partial charge in [-0.1, -0.05) is 0 Å². The van der Waals surface area contributed by atoms with Crippen LogP contribution in [0.4, 0.5) is 0 Å². The number of allylic oxidation sites excluding steroid dienone is 1. The zero-order valence-electron chi connectivity index (χ0n) is 6.23. The maximum atomic E-state index is 10.9. The minimum Gasteiger partial charge on any atom is -0.477 e. The number of hydrogen-bond donors (Lipinski definition) is 2. The molecular formula is C6H7NO4S. The molecule has 0 aromatic rings. The molecule has 0 aromatic heterocycles. The summed E-state index contributed by atoms with van der Waals surface area (Å²) >= 11 is 0. The summed E-state index contributed by atoms with van der Waals surface area (Å²) in [5.74, 6) is -1.29. The van der Waals surface area contributed by atoms with Gasteiger partial charge in [0.15, 0.2) is 9.84 Å². The zero-order valence-corrected chi connectivity index (χ0v) is 7.05. The van der Waals surface area contributed by atoms with E-state index in [9.17, 15) is 13.2 Å². The van der Waals surface area contributed by atoms with Crippen molar-refractivity contribution < 1.29 is 18.3 Å². The van der Waals surface area contributed by atoms with Crippen LogP contribution in [0.15, 0.2) is 22.2 Å². The molecule has 1 aliphatic rings. The number of nitrogens with one attached hydrogen (secondary N) is 1. The Hall–Kier alpha value is -1.30. The molecule has 0 radical (unpaired) electrons. The fraction of sp³-hybridized carbons (Fsp3) is 0.167. The SMILES string of the molecule is CC1=CS(=O)(=O)C=C(C(=O)O)N1. The largest absolute Gasteiger partial charge is 0.477 e. The smallest absolute Gasteiger partial charge is 0.353 e. The van der Waals surface area contributed by atoms with Crippen LogP contribution >= 0.6 is 0 Å². The van der Waals surface area contributed by atoms with Crippen molar-refractivity contribution in [3.8, 4) is 0 Å². The molecule has 1 aliphatic heterocycles. The van der Waals surface area contributed by atoms with Crippen molar-refractivity contribution in [2.75, 3.05) is 0 Å². The van der Waals surface area contributed by atoms with E-state index in [0.717, 1.165) is 5.41 Å². The van der Waals surface area contributed by atoms with E-state index >= 15 is 0 Å². The minimum atomic E-state index is -3.49. The summed E-state index contributed by atoms with van der Waals surface area (Å²) in [6, 6.07) is 0. The Morgan fingerprint density at radius 3 is 2.50 bits per heavy atom. The second kappa shape index (κ2) is 2.63. The number of carboxylic acids is 1. The van der Waals surface area contributed by atoms with E-state index in [0.29, 0.717) is 11.1 Å². The third-order valence-electron chi connectivity index (χ3n) is 1.19. The molecule has 0 bridgehead atoms. The predicted octanol–water partition coefficient (Wildman–Crippen LogP) is -0.208. The molecule has 0 aromatic carbocycles. The van der Waals surface area contributed by atoms with Crippen LogP contribution in [0.1, 0.15) is 6.92 Å². The molecule has 6 heteroatoms. The monoisotopic (exact) mass is 189 g/mol. The first kappa shape index (κ1) is 8.79. The van der Waals surface area contributed by atoms with Crippen LogP contribution < -0.4 is 5.32 Å². The third-order valence-corrected chi connectivity index (χ3v) is 2.43. The molecule has 0 unspecified atom stereocenters. The highest BCUT2D eigenvalue weighted by atomic mass is 32.2. The maximum Gasteiger partial charge on any atom is 0.353 e. The Kier molecular flexibility index (Phi) is 1.93. The van der Waals surface area contributed by atoms with E-state index in [2.05, 4.69) is 5.32 Å². The van der Waals surface area contributed by atoms with Crippen molar-refractivity contribution in [1.29, 1.82) is 0 Å². The van der Waals surface area contributed by atoms with E-state index in [4.69, 9.17) is 5.11 Å². The second-order valence-electron chi connectivity index (χ2n) is 2.35. The van der Waals surface area contributed by atoms with Crippen molar-refractivity contribution >= 4 is 15.8 Å². The van der Waals surface area contributed by atoms with Crippen LogP contribution in [0.25, 0.3) is 0 Å². The number of hydrogen-bond acceptors (Lipinski definition) is 4. The highest BCUT2D eigenvalue weighted by Gasteiger charge is 2.17. The van der Waals surface area contributed by atoms with Crippen LogP contribution in [0.5, 0.6) is 0 Å². The molecular weight excluding hydrogens is 182 g/mol. The van der Waals surface area contributed by atoms with Crippen molar-refractivity contribution in [2.24, 2.45) is 0 Å². The highest BCUT2D eigenvalue weighted by molar-refractivity contribution is 7.97. The molecule has 66 valence electrons. The van der Waals surface area contributed by atoms with Gasteiger partial charge in [-0.05, 0) is 6.92 Å². The minimum absolute atomic E-state index is 0.301. The summed E-state index contributed by atoms with van der Waals surface area (Å²) in [6.07, 6.45) is 0. The quantitative estimate of drug-likeness (QED) is 0.596. The van der Waals surface area contributed by atoms with E-state index in [1.165, 1.54) is 6.92 Å². The third kappa shape index (κ3) is 1.85. The van der Waals surface area contributed by atoms with Crippen LogP contribution in [0, 0.1) is 0 Å². The molecule has 1 heterocycles. The Balaban J connectivity index is 3.14. The van der Waals surface area contributed by atoms with Crippen molar-refractivity contribution in [3.05, 3.63) is 22.2 Å². The number of aliphatic carboxylic acids is 1. The normalized spacial score (nSPS) is 20.4. The van der Waals surface area contributed by atoms with Gasteiger partial charge in [0.1, 0.15) is 5.70 Å². The fourth-order valence-electron chi connectivity index (χ4n) is 0.820. The molecule has 0 amide bonds. The van der Waals surface area contributed by atoms with Gasteiger partial charge in [0.05, 0.1) is 10.8 Å². The van der Waals surface area contributed by atoms with E-state index < -0.39 is 15.8 Å². The van der Waals surface area contributed by atoms with Crippen LogP contribution in [-0.4, -0.2) is 19.5 Å². The van der Waals surface area contributed by atoms with Gasteiger partial charge in [-0.15, -0.1) is 0 Å². The van der Waals surface area contributed by atoms with Gasteiger partial charge in [0, 0.05) is 5.70 Å². The molecule has 1 rings (SSSR count). The van der Waals surface area contributed by atoms with E-state index in [1.54, 1.807) is 0 Å². The number of sulfone groups is 1. The van der Waals surface area contributed by atoms with Crippen molar-refractivity contribution in [2.45, 2.75) is 6.92 Å². The van der Waals surface area contributed by atoms with Gasteiger partial charge in [0.25, 0.3) is 0 Å². The van der Waals surface area contributed by atoms with Gasteiger partial charge in [-0.25, -0.2) is 13.2 Å². The van der Waals surface area contributed by atoms with E-state index in [-0.39, 0.29) is 5.70 Å². The molecule has 12 heavy (non-hydrogen) atoms. The first-order chi connectivity index (χ1) is 5.41. The van der Waals surface area contributed by atoms with Gasteiger partial charge < -0.3 is 10.4 Å². The summed E-state index contributed by atoms with van der Waals surface area (Å²) in [4.78, 5) is 10.4. The van der Waals surface area contributed by atoms with Crippen LogP contribution in [-0.2, 0) is 14.6 Å². The molecule has 0 aliphatic carbocycles. The lowest BCUT2D eigenvalue weighted by atomic mass is 10.4. The van der Waals surface area contributed by atoms with Gasteiger partial charge in [0.2, 0.25) is 0 Å². The van der Waals surface area contributed by atoms with Gasteiger partial charge in [-0.2, -0.15) is 0 Å². The summed E-state index contributed by atoms with van der Waals surface area (Å²) in [6.45, 7) is 1.48. The van der Waals surface area contributed by atoms with Gasteiger partial charge >= 0.3 is 5.97 Å². The lowest BCUT2D eigenvalue weighted by Gasteiger charge is -2.10. The van der Waals surface area contributed by atoms with Crippen molar-refractivity contribution in [3.63, 3.8) is 0 Å². The van der Waals surface area contributed by atoms with Crippen LogP contribution in [0.2, 0.25) is 0 Å². The molecule has 0 saturated heterocycles. The molecule has 0 fully saturated rings. The Morgan fingerprint density at radius 2 is 2.08 bits per heavy atom.